The van der Waals surface area contributed by atoms with Crippen molar-refractivity contribution in [2.24, 2.45) is 5.73 Å². The van der Waals surface area contributed by atoms with E-state index in [2.05, 4.69) is 0 Å². The average Bonchev–Trinajstić information content (AvgIpc) is 1.82. The quantitative estimate of drug-likeness (QED) is 0.679. The Morgan fingerprint density at radius 1 is 1.80 bits per heavy atom. The van der Waals surface area contributed by atoms with Gasteiger partial charge in [-0.05, 0) is 18.4 Å². The Kier molecular flexibility index (Phi) is 9.60. The zero-order valence-electron chi connectivity index (χ0n) is 5.74. The minimum atomic E-state index is -0.913. The number of nitrogens with two attached hydrogens (primary N) is 1. The molecule has 0 saturated heterocycles. The molecule has 0 heterocycles. The third kappa shape index (κ3) is 6.43. The minimum absolute atomic E-state index is 0. The molecule has 0 aromatic heterocycles. The molecule has 0 aliphatic heterocycles. The number of rotatable bonds is 4. The molecule has 10 heavy (non-hydrogen) atoms. The van der Waals surface area contributed by atoms with Gasteiger partial charge in [0.05, 0.1) is 0 Å². The molecule has 0 amide bonds. The summed E-state index contributed by atoms with van der Waals surface area (Å²) in [6.07, 6.45) is 2.48. The normalized spacial score (nSPS) is 11.8. The molecule has 1 atom stereocenters. The van der Waals surface area contributed by atoms with Crippen molar-refractivity contribution in [3.63, 3.8) is 0 Å². The molecule has 0 spiro atoms. The van der Waals surface area contributed by atoms with Crippen LogP contribution < -0.4 is 5.73 Å². The predicted octanol–water partition coefficient (Wildman–Crippen LogP) is 0.149. The van der Waals surface area contributed by atoms with Gasteiger partial charge in [0.25, 0.3) is 0 Å². The van der Waals surface area contributed by atoms with E-state index in [0.29, 0.717) is 6.42 Å². The molecule has 0 radical (unpaired) electrons. The number of hydrogen-bond acceptors (Lipinski definition) is 3. The van der Waals surface area contributed by atoms with Gasteiger partial charge in [-0.2, -0.15) is 11.8 Å². The van der Waals surface area contributed by atoms with Crippen molar-refractivity contribution in [3.8, 4) is 0 Å². The molecule has 3 nitrogen and oxygen atoms in total. The summed E-state index contributed by atoms with van der Waals surface area (Å²) in [5, 5.41) is 8.27. The first-order chi connectivity index (χ1) is 4.18. The molecule has 0 aromatic carbocycles. The largest absolute Gasteiger partial charge is 2.00 e. The van der Waals surface area contributed by atoms with Crippen LogP contribution in [0.15, 0.2) is 0 Å². The van der Waals surface area contributed by atoms with Crippen molar-refractivity contribution in [1.29, 1.82) is 0 Å². The number of carboxylic acid groups (broad SMARTS) is 1. The fourth-order valence-electron chi connectivity index (χ4n) is 0.368. The number of carbonyl (C=O) groups is 1. The van der Waals surface area contributed by atoms with Gasteiger partial charge in [-0.3, -0.25) is 4.79 Å². The summed E-state index contributed by atoms with van der Waals surface area (Å²) >= 11 is 1.60. The predicted molar refractivity (Wildman–Crippen MR) is 38.6 cm³/mol. The molecule has 0 aromatic rings. The van der Waals surface area contributed by atoms with Gasteiger partial charge in [-0.25, -0.2) is 0 Å². The molecule has 0 fully saturated rings. The fraction of sp³-hybridized carbons (Fsp3) is 0.800. The Morgan fingerprint density at radius 2 is 2.30 bits per heavy atom. The van der Waals surface area contributed by atoms with Gasteiger partial charge >= 0.3 is 23.3 Å². The SMILES string of the molecule is CSCCC(N)C(=O)O.[Cr+2]. The maximum atomic E-state index is 10.1. The summed E-state index contributed by atoms with van der Waals surface area (Å²) in [5.74, 6) is -0.1000. The van der Waals surface area contributed by atoms with Crippen molar-refractivity contribution >= 4 is 17.7 Å². The van der Waals surface area contributed by atoms with Crippen LogP contribution in [0.1, 0.15) is 6.42 Å². The maximum absolute atomic E-state index is 10.1. The van der Waals surface area contributed by atoms with Crippen LogP contribution >= 0.6 is 11.8 Å². The standard InChI is InChI=1S/C5H11NO2S.Cr/c1-9-3-2-4(6)5(7)8;/h4H,2-3,6H2,1H3,(H,7,8);/q;+2. The molecule has 1 unspecified atom stereocenters. The third-order valence-electron chi connectivity index (χ3n) is 0.950. The smallest absolute Gasteiger partial charge is 0.480 e. The first-order valence-electron chi connectivity index (χ1n) is 2.65. The minimum Gasteiger partial charge on any atom is -0.480 e. The molecule has 5 heteroatoms. The Hall–Kier alpha value is 0.312. The van der Waals surface area contributed by atoms with Crippen molar-refractivity contribution in [2.45, 2.75) is 12.5 Å². The van der Waals surface area contributed by atoms with E-state index < -0.39 is 12.0 Å². The van der Waals surface area contributed by atoms with Crippen LogP contribution in [-0.4, -0.2) is 29.1 Å². The van der Waals surface area contributed by atoms with E-state index in [4.69, 9.17) is 10.8 Å². The number of carboxylic acids is 1. The first-order valence-corrected chi connectivity index (χ1v) is 4.05. The van der Waals surface area contributed by atoms with Gasteiger partial charge in [0.2, 0.25) is 0 Å². The number of thioether (sulfide) groups is 1. The van der Waals surface area contributed by atoms with E-state index in [-0.39, 0.29) is 17.4 Å². The Morgan fingerprint density at radius 3 is 2.60 bits per heavy atom. The second-order valence-corrected chi connectivity index (χ2v) is 2.71. The van der Waals surface area contributed by atoms with Gasteiger partial charge in [-0.1, -0.05) is 0 Å². The molecule has 0 aliphatic rings. The third-order valence-corrected chi connectivity index (χ3v) is 1.59. The van der Waals surface area contributed by atoms with E-state index in [1.165, 1.54) is 0 Å². The molecule has 0 rings (SSSR count). The zero-order valence-corrected chi connectivity index (χ0v) is 7.83. The van der Waals surface area contributed by atoms with Crippen LogP contribution in [0.2, 0.25) is 0 Å². The van der Waals surface area contributed by atoms with Crippen LogP contribution in [0.25, 0.3) is 0 Å². The Labute approximate surface area is 75.5 Å². The number of aliphatic carboxylic acids is 1. The van der Waals surface area contributed by atoms with Crippen LogP contribution in [0.4, 0.5) is 0 Å². The van der Waals surface area contributed by atoms with E-state index in [1.807, 2.05) is 6.26 Å². The van der Waals surface area contributed by atoms with Gasteiger partial charge in [0.1, 0.15) is 6.04 Å². The molecule has 58 valence electrons. The Bertz CT molecular complexity index is 102. The van der Waals surface area contributed by atoms with Crippen LogP contribution in [0, 0.1) is 0 Å². The molecule has 0 saturated carbocycles. The van der Waals surface area contributed by atoms with E-state index in [9.17, 15) is 4.79 Å². The van der Waals surface area contributed by atoms with E-state index in [1.54, 1.807) is 11.8 Å². The van der Waals surface area contributed by atoms with Crippen molar-refractivity contribution in [1.82, 2.24) is 0 Å². The van der Waals surface area contributed by atoms with Crippen molar-refractivity contribution < 1.29 is 27.3 Å². The maximum Gasteiger partial charge on any atom is 2.00 e. The van der Waals surface area contributed by atoms with Crippen molar-refractivity contribution in [2.75, 3.05) is 12.0 Å². The molecule has 3 N–H and O–H groups in total. The van der Waals surface area contributed by atoms with Gasteiger partial charge in [0, 0.05) is 0 Å². The summed E-state index contributed by atoms with van der Waals surface area (Å²) in [6, 6.07) is -0.683. The Balaban J connectivity index is 0. The van der Waals surface area contributed by atoms with Gasteiger partial charge in [0.15, 0.2) is 0 Å². The van der Waals surface area contributed by atoms with E-state index >= 15 is 0 Å². The summed E-state index contributed by atoms with van der Waals surface area (Å²) in [5.41, 5.74) is 5.19. The van der Waals surface area contributed by atoms with Gasteiger partial charge in [-0.15, -0.1) is 0 Å². The summed E-state index contributed by atoms with van der Waals surface area (Å²) < 4.78 is 0. The van der Waals surface area contributed by atoms with Crippen molar-refractivity contribution in [3.05, 3.63) is 0 Å². The second kappa shape index (κ2) is 7.42. The monoisotopic (exact) mass is 201 g/mol. The molecular weight excluding hydrogens is 190 g/mol. The molecular formula is C5H11CrNO2S+2. The fourth-order valence-corrected chi connectivity index (χ4v) is 0.858. The van der Waals surface area contributed by atoms with E-state index in [0.717, 1.165) is 5.75 Å². The van der Waals surface area contributed by atoms with Crippen LogP contribution in [0.3, 0.4) is 0 Å². The second-order valence-electron chi connectivity index (χ2n) is 1.73. The first kappa shape index (κ1) is 12.9. The van der Waals surface area contributed by atoms with Crippen LogP contribution in [-0.2, 0) is 22.2 Å². The topological polar surface area (TPSA) is 63.3 Å². The summed E-state index contributed by atoms with van der Waals surface area (Å²) in [4.78, 5) is 10.1. The zero-order chi connectivity index (χ0) is 7.28. The number of hydrogen-bond donors (Lipinski definition) is 2. The molecule has 0 bridgehead atoms. The average molecular weight is 201 g/mol. The van der Waals surface area contributed by atoms with Gasteiger partial charge < -0.3 is 10.8 Å². The van der Waals surface area contributed by atoms with Crippen LogP contribution in [0.5, 0.6) is 0 Å². The molecule has 0 aliphatic carbocycles. The summed E-state index contributed by atoms with van der Waals surface area (Å²) in [6.45, 7) is 0. The summed E-state index contributed by atoms with van der Waals surface area (Å²) in [7, 11) is 0.